The smallest absolute Gasteiger partial charge is 0.336 e. The summed E-state index contributed by atoms with van der Waals surface area (Å²) >= 11 is 5.53. The molecule has 0 bridgehead atoms. The topological polar surface area (TPSA) is 69.6 Å². The van der Waals surface area contributed by atoms with E-state index in [1.165, 1.54) is 24.3 Å². The summed E-state index contributed by atoms with van der Waals surface area (Å²) in [5.41, 5.74) is 0.681. The van der Waals surface area contributed by atoms with E-state index in [4.69, 9.17) is 16.9 Å². The number of amides is 2. The van der Waals surface area contributed by atoms with Crippen LogP contribution in [0.1, 0.15) is 5.56 Å². The largest absolute Gasteiger partial charge is 0.478 e. The van der Waals surface area contributed by atoms with Gasteiger partial charge in [0.05, 0.1) is 11.6 Å². The lowest BCUT2D eigenvalue weighted by Crippen LogP contribution is -2.47. The lowest BCUT2D eigenvalue weighted by Gasteiger charge is -2.26. The van der Waals surface area contributed by atoms with Gasteiger partial charge in [0.15, 0.2) is 0 Å². The van der Waals surface area contributed by atoms with Crippen LogP contribution < -0.4 is 5.32 Å². The molecule has 1 heterocycles. The fourth-order valence-electron chi connectivity index (χ4n) is 1.78. The lowest BCUT2D eigenvalue weighted by atomic mass is 9.98. The molecule has 1 unspecified atom stereocenters. The first-order valence-corrected chi connectivity index (χ1v) is 5.76. The van der Waals surface area contributed by atoms with Crippen LogP contribution in [0.5, 0.6) is 0 Å². The van der Waals surface area contributed by atoms with E-state index in [-0.39, 0.29) is 17.8 Å². The van der Waals surface area contributed by atoms with Crippen LogP contribution in [0, 0.1) is 5.82 Å². The molecule has 1 aliphatic rings. The predicted octanol–water partition coefficient (Wildman–Crippen LogP) is 1.88. The fourth-order valence-corrected chi connectivity index (χ4v) is 1.93. The zero-order valence-electron chi connectivity index (χ0n) is 9.64. The number of carboxylic acid groups (broad SMARTS) is 1. The van der Waals surface area contributed by atoms with Crippen molar-refractivity contribution in [2.75, 3.05) is 0 Å². The molecule has 100 valence electrons. The van der Waals surface area contributed by atoms with E-state index in [2.05, 4.69) is 5.32 Å². The molecule has 19 heavy (non-hydrogen) atoms. The third-order valence-electron chi connectivity index (χ3n) is 2.72. The van der Waals surface area contributed by atoms with E-state index >= 15 is 0 Å². The maximum absolute atomic E-state index is 12.8. The van der Waals surface area contributed by atoms with Crippen LogP contribution in [-0.2, 0) is 11.2 Å². The van der Waals surface area contributed by atoms with E-state index in [1.807, 2.05) is 0 Å². The molecule has 1 aromatic rings. The summed E-state index contributed by atoms with van der Waals surface area (Å²) in [5.74, 6) is -1.55. The zero-order chi connectivity index (χ0) is 14.0. The van der Waals surface area contributed by atoms with Gasteiger partial charge in [0, 0.05) is 18.0 Å². The first-order valence-electron chi connectivity index (χ1n) is 5.42. The maximum Gasteiger partial charge on any atom is 0.336 e. The molecular weight excluding hydrogens is 275 g/mol. The highest BCUT2D eigenvalue weighted by Gasteiger charge is 2.30. The van der Waals surface area contributed by atoms with Crippen molar-refractivity contribution in [3.05, 3.63) is 47.4 Å². The molecular formula is C12H10ClFN2O3. The van der Waals surface area contributed by atoms with Crippen LogP contribution in [0.15, 0.2) is 36.0 Å². The summed E-state index contributed by atoms with van der Waals surface area (Å²) in [4.78, 5) is 22.5. The van der Waals surface area contributed by atoms with Crippen molar-refractivity contribution in [3.8, 4) is 0 Å². The van der Waals surface area contributed by atoms with Crippen molar-refractivity contribution in [3.63, 3.8) is 0 Å². The van der Waals surface area contributed by atoms with E-state index in [0.29, 0.717) is 9.98 Å². The van der Waals surface area contributed by atoms with Gasteiger partial charge in [-0.15, -0.1) is 0 Å². The number of benzene rings is 1. The first-order chi connectivity index (χ1) is 8.97. The third-order valence-corrected chi connectivity index (χ3v) is 2.97. The highest BCUT2D eigenvalue weighted by Crippen LogP contribution is 2.18. The monoisotopic (exact) mass is 284 g/mol. The molecule has 0 spiro atoms. The molecule has 0 saturated carbocycles. The molecule has 0 radical (unpaired) electrons. The maximum atomic E-state index is 12.8. The summed E-state index contributed by atoms with van der Waals surface area (Å²) in [7, 11) is 0. The number of rotatable bonds is 3. The summed E-state index contributed by atoms with van der Waals surface area (Å²) in [5, 5.41) is 11.5. The van der Waals surface area contributed by atoms with Crippen LogP contribution >= 0.6 is 11.8 Å². The zero-order valence-corrected chi connectivity index (χ0v) is 10.4. The fraction of sp³-hybridized carbons (Fsp3) is 0.167. The second-order valence-corrected chi connectivity index (χ2v) is 4.40. The molecule has 5 nitrogen and oxygen atoms in total. The van der Waals surface area contributed by atoms with Gasteiger partial charge in [-0.05, 0) is 24.1 Å². The first kappa shape index (κ1) is 13.4. The Hall–Kier alpha value is -2.08. The molecule has 2 N–H and O–H groups in total. The Balaban J connectivity index is 2.22. The Morgan fingerprint density at radius 3 is 2.63 bits per heavy atom. The van der Waals surface area contributed by atoms with Crippen molar-refractivity contribution < 1.29 is 19.1 Å². The molecule has 0 saturated heterocycles. The van der Waals surface area contributed by atoms with Crippen LogP contribution in [0.2, 0.25) is 0 Å². The summed E-state index contributed by atoms with van der Waals surface area (Å²) in [6, 6.07) is 4.32. The normalized spacial score (nSPS) is 18.8. The number of nitrogens with one attached hydrogen (secondary N) is 1. The standard InChI is InChI=1S/C12H10ClFN2O3/c13-16-6-9(11(17)18)10(15-12(16)19)5-7-1-3-8(14)4-2-7/h1-4,6,10H,5H2,(H,15,19)(H,17,18). The van der Waals surface area contributed by atoms with Gasteiger partial charge >= 0.3 is 12.0 Å². The van der Waals surface area contributed by atoms with Crippen molar-refractivity contribution >= 4 is 23.8 Å². The number of carbonyl (C=O) groups is 2. The van der Waals surface area contributed by atoms with Crippen LogP contribution in [0.3, 0.4) is 0 Å². The number of urea groups is 1. The number of hydrogen-bond acceptors (Lipinski definition) is 2. The third kappa shape index (κ3) is 3.03. The highest BCUT2D eigenvalue weighted by molar-refractivity contribution is 6.22. The van der Waals surface area contributed by atoms with Gasteiger partial charge in [-0.2, -0.15) is 0 Å². The highest BCUT2D eigenvalue weighted by atomic mass is 35.5. The molecule has 0 aromatic heterocycles. The predicted molar refractivity (Wildman–Crippen MR) is 65.8 cm³/mol. The minimum absolute atomic E-state index is 0.0288. The van der Waals surface area contributed by atoms with E-state index in [0.717, 1.165) is 6.20 Å². The molecule has 1 aromatic carbocycles. The van der Waals surface area contributed by atoms with Gasteiger partial charge in [-0.1, -0.05) is 12.1 Å². The Kier molecular flexibility index (Phi) is 3.71. The summed E-state index contributed by atoms with van der Waals surface area (Å²) in [6.07, 6.45) is 1.31. The second-order valence-electron chi connectivity index (χ2n) is 4.03. The number of aliphatic carboxylic acids is 1. The number of carbonyl (C=O) groups excluding carboxylic acids is 1. The van der Waals surface area contributed by atoms with E-state index in [1.54, 1.807) is 0 Å². The van der Waals surface area contributed by atoms with Gasteiger partial charge in [-0.25, -0.2) is 18.4 Å². The number of hydrogen-bond donors (Lipinski definition) is 2. The molecule has 2 amide bonds. The Labute approximate surface area is 113 Å². The minimum atomic E-state index is -1.17. The van der Waals surface area contributed by atoms with Gasteiger partial charge in [0.1, 0.15) is 5.82 Å². The van der Waals surface area contributed by atoms with Gasteiger partial charge in [0.2, 0.25) is 0 Å². The van der Waals surface area contributed by atoms with Crippen LogP contribution in [0.25, 0.3) is 0 Å². The quantitative estimate of drug-likeness (QED) is 0.833. The second kappa shape index (κ2) is 5.27. The van der Waals surface area contributed by atoms with Crippen molar-refractivity contribution in [1.82, 2.24) is 9.74 Å². The van der Waals surface area contributed by atoms with Crippen LogP contribution in [-0.4, -0.2) is 27.6 Å². The molecule has 0 aliphatic carbocycles. The summed E-state index contributed by atoms with van der Waals surface area (Å²) in [6.45, 7) is 0. The van der Waals surface area contributed by atoms with Gasteiger partial charge in [-0.3, -0.25) is 0 Å². The SMILES string of the molecule is O=C(O)C1=CN(Cl)C(=O)NC1Cc1ccc(F)cc1. The Morgan fingerprint density at radius 2 is 2.05 bits per heavy atom. The Morgan fingerprint density at radius 1 is 1.42 bits per heavy atom. The minimum Gasteiger partial charge on any atom is -0.478 e. The van der Waals surface area contributed by atoms with Crippen molar-refractivity contribution in [2.24, 2.45) is 0 Å². The number of carboxylic acids is 1. The number of nitrogens with zero attached hydrogens (tertiary/aromatic N) is 1. The van der Waals surface area contributed by atoms with E-state index in [9.17, 15) is 14.0 Å². The van der Waals surface area contributed by atoms with Crippen molar-refractivity contribution in [2.45, 2.75) is 12.5 Å². The lowest BCUT2D eigenvalue weighted by molar-refractivity contribution is -0.133. The van der Waals surface area contributed by atoms with Crippen molar-refractivity contribution in [1.29, 1.82) is 0 Å². The molecule has 0 fully saturated rings. The van der Waals surface area contributed by atoms with Gasteiger partial charge in [0.25, 0.3) is 0 Å². The van der Waals surface area contributed by atoms with Gasteiger partial charge < -0.3 is 10.4 Å². The summed E-state index contributed by atoms with van der Waals surface area (Å²) < 4.78 is 13.4. The molecule has 1 aliphatic heterocycles. The average molecular weight is 285 g/mol. The molecule has 1 atom stereocenters. The molecule has 2 rings (SSSR count). The van der Waals surface area contributed by atoms with E-state index < -0.39 is 18.0 Å². The number of halogens is 2. The Bertz CT molecular complexity index is 544. The van der Waals surface area contributed by atoms with Crippen LogP contribution in [0.4, 0.5) is 9.18 Å². The molecule has 7 heteroatoms. The average Bonchev–Trinajstić information content (AvgIpc) is 2.36.